The number of aromatic amines is 1. The van der Waals surface area contributed by atoms with E-state index >= 15 is 0 Å². The number of hydrogen-bond donors (Lipinski definition) is 8. The van der Waals surface area contributed by atoms with Gasteiger partial charge < -0.3 is 42.6 Å². The van der Waals surface area contributed by atoms with Gasteiger partial charge in [-0.1, -0.05) is 32.0 Å². The molecule has 14 nitrogen and oxygen atoms in total. The van der Waals surface area contributed by atoms with E-state index in [0.717, 1.165) is 10.9 Å². The molecule has 218 valence electrons. The van der Waals surface area contributed by atoms with Crippen LogP contribution in [0, 0.1) is 5.92 Å². The van der Waals surface area contributed by atoms with Crippen LogP contribution in [0.2, 0.25) is 0 Å². The number of nitrogens with two attached hydrogens (primary N) is 2. The van der Waals surface area contributed by atoms with E-state index in [1.54, 1.807) is 26.1 Å². The molecule has 10 N–H and O–H groups in total. The normalized spacial score (nSPS) is 14.1. The predicted molar refractivity (Wildman–Crippen MR) is 144 cm³/mol. The lowest BCUT2D eigenvalue weighted by molar-refractivity contribution is -0.142. The molecular weight excluding hydrogens is 524 g/mol. The Bertz CT molecular complexity index is 1240. The van der Waals surface area contributed by atoms with E-state index in [4.69, 9.17) is 16.6 Å². The summed E-state index contributed by atoms with van der Waals surface area (Å²) in [4.78, 5) is 76.0. The third kappa shape index (κ3) is 9.69. The number of carboxylic acid groups (broad SMARTS) is 2. The molecule has 0 fully saturated rings. The molecule has 1 aromatic carbocycles. The van der Waals surface area contributed by atoms with Crippen molar-refractivity contribution < 1.29 is 39.0 Å². The first-order chi connectivity index (χ1) is 18.8. The second-order valence-electron chi connectivity index (χ2n) is 9.92. The molecule has 0 spiro atoms. The van der Waals surface area contributed by atoms with Crippen LogP contribution in [0.5, 0.6) is 0 Å². The van der Waals surface area contributed by atoms with E-state index in [1.165, 1.54) is 0 Å². The number of carboxylic acids is 2. The molecule has 0 radical (unpaired) electrons. The number of aliphatic carboxylic acids is 2. The molecule has 1 heterocycles. The van der Waals surface area contributed by atoms with Gasteiger partial charge in [0.2, 0.25) is 23.6 Å². The minimum Gasteiger partial charge on any atom is -0.481 e. The fourth-order valence-electron chi connectivity index (χ4n) is 4.08. The lowest BCUT2D eigenvalue weighted by Crippen LogP contribution is -2.58. The molecule has 4 unspecified atom stereocenters. The van der Waals surface area contributed by atoms with Gasteiger partial charge in [-0.3, -0.25) is 24.0 Å². The highest BCUT2D eigenvalue weighted by Crippen LogP contribution is 2.19. The van der Waals surface area contributed by atoms with Gasteiger partial charge in [0.1, 0.15) is 18.1 Å². The first kappa shape index (κ1) is 31.8. The monoisotopic (exact) mass is 560 g/mol. The van der Waals surface area contributed by atoms with Crippen molar-refractivity contribution in [2.24, 2.45) is 17.4 Å². The molecule has 0 bridgehead atoms. The Balaban J connectivity index is 2.32. The van der Waals surface area contributed by atoms with Crippen LogP contribution in [-0.2, 0) is 35.2 Å². The SMILES string of the molecule is CC(C)CC(NC(=O)C(N)CC(=O)O)C(=O)NC(Cc1c[nH]c2ccccc12)C(=O)NC(CCC(N)=O)C(=O)O. The summed E-state index contributed by atoms with van der Waals surface area (Å²) in [6, 6.07) is 1.99. The quantitative estimate of drug-likeness (QED) is 0.130. The topological polar surface area (TPSA) is 247 Å². The van der Waals surface area contributed by atoms with Crippen LogP contribution in [0.15, 0.2) is 30.5 Å². The predicted octanol–water partition coefficient (Wildman–Crippen LogP) is -0.637. The number of aromatic nitrogens is 1. The molecule has 4 amide bonds. The number of hydrogen-bond acceptors (Lipinski definition) is 7. The Morgan fingerprint density at radius 2 is 1.50 bits per heavy atom. The maximum Gasteiger partial charge on any atom is 0.326 e. The summed E-state index contributed by atoms with van der Waals surface area (Å²) in [5.74, 6) is -5.91. The summed E-state index contributed by atoms with van der Waals surface area (Å²) in [5.41, 5.74) is 12.2. The Kier molecular flexibility index (Phi) is 11.6. The number of carbonyl (C=O) groups excluding carboxylic acids is 4. The second kappa shape index (κ2) is 14.6. The number of nitrogens with one attached hydrogen (secondary N) is 4. The van der Waals surface area contributed by atoms with Gasteiger partial charge >= 0.3 is 11.9 Å². The average Bonchev–Trinajstić information content (AvgIpc) is 3.27. The van der Waals surface area contributed by atoms with Gasteiger partial charge in [-0.15, -0.1) is 0 Å². The van der Waals surface area contributed by atoms with Gasteiger partial charge in [0.25, 0.3) is 0 Å². The average molecular weight is 561 g/mol. The molecule has 0 aliphatic carbocycles. The van der Waals surface area contributed by atoms with Crippen molar-refractivity contribution in [2.45, 2.75) is 70.1 Å². The summed E-state index contributed by atoms with van der Waals surface area (Å²) in [5, 5.41) is 26.7. The summed E-state index contributed by atoms with van der Waals surface area (Å²) in [6.45, 7) is 3.60. The van der Waals surface area contributed by atoms with Gasteiger partial charge in [0.15, 0.2) is 0 Å². The number of rotatable bonds is 16. The largest absolute Gasteiger partial charge is 0.481 e. The molecule has 14 heteroatoms. The Labute approximate surface area is 230 Å². The Morgan fingerprint density at radius 3 is 2.10 bits per heavy atom. The molecule has 2 aromatic rings. The van der Waals surface area contributed by atoms with E-state index < -0.39 is 66.2 Å². The Morgan fingerprint density at radius 1 is 0.900 bits per heavy atom. The molecule has 0 aliphatic heterocycles. The van der Waals surface area contributed by atoms with Crippen molar-refractivity contribution in [3.05, 3.63) is 36.0 Å². The van der Waals surface area contributed by atoms with E-state index in [1.807, 2.05) is 18.2 Å². The molecule has 1 aromatic heterocycles. The van der Waals surface area contributed by atoms with Crippen molar-refractivity contribution in [3.8, 4) is 0 Å². The standard InChI is InChI=1S/C26H36N6O8/c1-13(2)9-19(31-23(36)16(27)11-22(34)35)24(37)32-20(10-14-12-29-17-6-4-3-5-15(14)17)25(38)30-18(26(39)40)7-8-21(28)33/h3-6,12-13,16,18-20,29H,7-11,27H2,1-2H3,(H2,28,33)(H,30,38)(H,31,36)(H,32,37)(H,34,35)(H,39,40). The number of fused-ring (bicyclic) bond motifs is 1. The van der Waals surface area contributed by atoms with E-state index in [-0.39, 0.29) is 31.6 Å². The maximum absolute atomic E-state index is 13.4. The van der Waals surface area contributed by atoms with Gasteiger partial charge in [0.05, 0.1) is 12.5 Å². The minimum atomic E-state index is -1.44. The van der Waals surface area contributed by atoms with Crippen molar-refractivity contribution in [1.29, 1.82) is 0 Å². The molecule has 0 aliphatic rings. The number of amides is 4. The lowest BCUT2D eigenvalue weighted by atomic mass is 10.00. The number of primary amides is 1. The van der Waals surface area contributed by atoms with E-state index in [2.05, 4.69) is 20.9 Å². The van der Waals surface area contributed by atoms with Crippen molar-refractivity contribution >= 4 is 46.5 Å². The van der Waals surface area contributed by atoms with Crippen LogP contribution in [0.25, 0.3) is 10.9 Å². The molecule has 0 saturated heterocycles. The zero-order valence-corrected chi connectivity index (χ0v) is 22.3. The molecule has 2 rings (SSSR count). The highest BCUT2D eigenvalue weighted by atomic mass is 16.4. The first-order valence-corrected chi connectivity index (χ1v) is 12.7. The number of carbonyl (C=O) groups is 6. The summed E-state index contributed by atoms with van der Waals surface area (Å²) in [7, 11) is 0. The van der Waals surface area contributed by atoms with Crippen LogP contribution in [-0.4, -0.2) is 74.9 Å². The fourth-order valence-corrected chi connectivity index (χ4v) is 4.08. The van der Waals surface area contributed by atoms with Gasteiger partial charge in [-0.05, 0) is 30.4 Å². The highest BCUT2D eigenvalue weighted by molar-refractivity contribution is 5.95. The summed E-state index contributed by atoms with van der Waals surface area (Å²) in [6.07, 6.45) is 0.597. The summed E-state index contributed by atoms with van der Waals surface area (Å²) >= 11 is 0. The van der Waals surface area contributed by atoms with Crippen molar-refractivity contribution in [2.75, 3.05) is 0 Å². The number of H-pyrrole nitrogens is 1. The van der Waals surface area contributed by atoms with Crippen LogP contribution >= 0.6 is 0 Å². The van der Waals surface area contributed by atoms with Crippen molar-refractivity contribution in [3.63, 3.8) is 0 Å². The van der Waals surface area contributed by atoms with Crippen molar-refractivity contribution in [1.82, 2.24) is 20.9 Å². The number of para-hydroxylation sites is 1. The molecule has 4 atom stereocenters. The van der Waals surface area contributed by atoms with Crippen LogP contribution in [0.3, 0.4) is 0 Å². The first-order valence-electron chi connectivity index (χ1n) is 12.7. The lowest BCUT2D eigenvalue weighted by Gasteiger charge is -2.26. The zero-order valence-electron chi connectivity index (χ0n) is 22.3. The third-order valence-electron chi connectivity index (χ3n) is 6.10. The van der Waals surface area contributed by atoms with E-state index in [9.17, 15) is 33.9 Å². The smallest absolute Gasteiger partial charge is 0.326 e. The van der Waals surface area contributed by atoms with Crippen LogP contribution < -0.4 is 27.4 Å². The van der Waals surface area contributed by atoms with Crippen LogP contribution in [0.4, 0.5) is 0 Å². The summed E-state index contributed by atoms with van der Waals surface area (Å²) < 4.78 is 0. The highest BCUT2D eigenvalue weighted by Gasteiger charge is 2.31. The Hall–Kier alpha value is -4.46. The molecule has 0 saturated carbocycles. The van der Waals surface area contributed by atoms with Gasteiger partial charge in [0, 0.05) is 29.9 Å². The third-order valence-corrected chi connectivity index (χ3v) is 6.10. The van der Waals surface area contributed by atoms with Gasteiger partial charge in [-0.25, -0.2) is 4.79 Å². The minimum absolute atomic E-state index is 0.0371. The fraction of sp³-hybridized carbons (Fsp3) is 0.462. The molecule has 40 heavy (non-hydrogen) atoms. The second-order valence-corrected chi connectivity index (χ2v) is 9.92. The van der Waals surface area contributed by atoms with E-state index in [0.29, 0.717) is 5.56 Å². The number of benzene rings is 1. The molecular formula is C26H36N6O8. The van der Waals surface area contributed by atoms with Crippen LogP contribution in [0.1, 0.15) is 45.1 Å². The zero-order chi connectivity index (χ0) is 30.0. The maximum atomic E-state index is 13.4. The van der Waals surface area contributed by atoms with Gasteiger partial charge in [-0.2, -0.15) is 0 Å².